The van der Waals surface area contributed by atoms with Gasteiger partial charge in [0.05, 0.1) is 43.9 Å². The molecular weight excluding hydrogens is 1190 g/mol. The van der Waals surface area contributed by atoms with E-state index in [2.05, 4.69) is 57.5 Å². The topological polar surface area (TPSA) is 585 Å². The highest BCUT2D eigenvalue weighted by atomic mass is 16.4. The van der Waals surface area contributed by atoms with E-state index in [1.165, 1.54) is 44.3 Å². The van der Waals surface area contributed by atoms with Gasteiger partial charge in [-0.15, -0.1) is 0 Å². The Labute approximate surface area is 508 Å². The second-order valence-corrected chi connectivity index (χ2v) is 20.8. The Morgan fingerprint density at radius 2 is 0.944 bits per heavy atom. The number of aliphatic imine (C=N–C) groups is 1. The van der Waals surface area contributed by atoms with Crippen molar-refractivity contribution < 1.29 is 119 Å². The molecule has 0 bridgehead atoms. The molecule has 0 fully saturated rings. The van der Waals surface area contributed by atoms with Crippen molar-refractivity contribution >= 4 is 82.3 Å². The largest absolute Gasteiger partial charge is 0.481 e. The normalized spacial score (nSPS) is 15.6. The summed E-state index contributed by atoms with van der Waals surface area (Å²) in [6.07, 6.45) is -20.6. The lowest BCUT2D eigenvalue weighted by Crippen LogP contribution is -2.57. The summed E-state index contributed by atoms with van der Waals surface area (Å²) in [7, 11) is 0. The number of benzene rings is 1. The summed E-state index contributed by atoms with van der Waals surface area (Å²) in [5.74, 6) is -12.0. The van der Waals surface area contributed by atoms with Crippen LogP contribution in [0.25, 0.3) is 0 Å². The summed E-state index contributed by atoms with van der Waals surface area (Å²) < 4.78 is 0. The summed E-state index contributed by atoms with van der Waals surface area (Å²) in [6.45, 7) is 2.73. The van der Waals surface area contributed by atoms with Gasteiger partial charge in [0.2, 0.25) is 35.4 Å². The van der Waals surface area contributed by atoms with Crippen molar-refractivity contribution in [3.05, 3.63) is 47.4 Å². The minimum atomic E-state index is -2.10. The molecule has 0 aliphatic carbocycles. The van der Waals surface area contributed by atoms with Gasteiger partial charge in [-0.3, -0.25) is 47.9 Å². The lowest BCUT2D eigenvalue weighted by atomic mass is 10.0. The van der Waals surface area contributed by atoms with Crippen LogP contribution in [0.1, 0.15) is 118 Å². The van der Waals surface area contributed by atoms with E-state index in [0.29, 0.717) is 17.1 Å². The number of hydrogen-bond acceptors (Lipinski definition) is 25. The van der Waals surface area contributed by atoms with E-state index >= 15 is 0 Å². The number of aliphatic hydroxyl groups excluding tert-OH is 10. The third kappa shape index (κ3) is 28.2. The fraction of sp³-hybridized carbons (Fsp3) is 0.593. The van der Waals surface area contributed by atoms with Gasteiger partial charge >= 0.3 is 17.9 Å². The number of hydrogen-bond donors (Lipinski definition) is 21. The highest BCUT2D eigenvalue weighted by Crippen LogP contribution is 2.18. The number of anilines is 1. The first-order valence-corrected chi connectivity index (χ1v) is 27.9. The quantitative estimate of drug-likeness (QED) is 0.0217. The number of carbonyl (C=O) groups excluding carboxylic acids is 8. The number of carboxylic acids is 3. The zero-order valence-corrected chi connectivity index (χ0v) is 49.1. The van der Waals surface area contributed by atoms with Gasteiger partial charge in [-0.2, -0.15) is 0 Å². The SMILES string of the molecule is CC(=O)c1nc(CNc2ccc(C(=O)N[C@@H](CCC(=O)N[C@@H](CCC(=O)NC[C@H](O)[C@@H](O)[C@H](O)[C@H](O)CO)C(=O)N[C@@H](CCC(=O)O)C(=O)N[C@@H](CCC(=O)NC[C@H](O)[C@@H](O)[C@H](O)[C@H](O)CO)C(=O)N[C@H](C)CCC(=O)O)C(=O)O)cc2)cnc1N=C(C)C. The van der Waals surface area contributed by atoms with Crippen molar-refractivity contribution in [3.63, 3.8) is 0 Å². The number of carboxylic acid groups (broad SMARTS) is 3. The van der Waals surface area contributed by atoms with E-state index in [1.807, 2.05) is 0 Å². The second-order valence-electron chi connectivity index (χ2n) is 20.8. The molecule has 0 aliphatic rings. The third-order valence-corrected chi connectivity index (χ3v) is 13.1. The molecule has 0 saturated heterocycles. The van der Waals surface area contributed by atoms with Crippen molar-refractivity contribution in [2.24, 2.45) is 4.99 Å². The van der Waals surface area contributed by atoms with Gasteiger partial charge in [-0.25, -0.2) is 19.8 Å². The number of nitrogens with one attached hydrogen (secondary N) is 8. The minimum absolute atomic E-state index is 0.0216. The molecule has 35 heteroatoms. The van der Waals surface area contributed by atoms with Crippen LogP contribution < -0.4 is 42.5 Å². The zero-order chi connectivity index (χ0) is 67.2. The molecular formula is C54H81N11O24. The molecule has 496 valence electrons. The average molecular weight is 1270 g/mol. The Morgan fingerprint density at radius 1 is 0.517 bits per heavy atom. The number of Topliss-reactive ketones (excluding diaryl/α,β-unsaturated/α-hetero) is 1. The third-order valence-electron chi connectivity index (χ3n) is 13.1. The van der Waals surface area contributed by atoms with Gasteiger partial charge in [0.15, 0.2) is 17.3 Å². The zero-order valence-electron chi connectivity index (χ0n) is 49.1. The van der Waals surface area contributed by atoms with Crippen LogP contribution in [0, 0.1) is 0 Å². The Morgan fingerprint density at radius 3 is 1.39 bits per heavy atom. The number of amides is 7. The summed E-state index contributed by atoms with van der Waals surface area (Å²) in [5, 5.41) is 146. The number of aromatic nitrogens is 2. The van der Waals surface area contributed by atoms with E-state index < -0.39 is 222 Å². The second kappa shape index (κ2) is 38.9. The lowest BCUT2D eigenvalue weighted by molar-refractivity contribution is -0.140. The first-order valence-electron chi connectivity index (χ1n) is 27.9. The highest BCUT2D eigenvalue weighted by molar-refractivity contribution is 5.98. The fourth-order valence-corrected chi connectivity index (χ4v) is 7.91. The maximum Gasteiger partial charge on any atom is 0.326 e. The van der Waals surface area contributed by atoms with E-state index in [4.69, 9.17) is 15.3 Å². The predicted molar refractivity (Wildman–Crippen MR) is 306 cm³/mol. The predicted octanol–water partition coefficient (Wildman–Crippen LogP) is -6.28. The molecule has 0 aliphatic heterocycles. The van der Waals surface area contributed by atoms with Crippen LogP contribution in [0.4, 0.5) is 11.5 Å². The molecule has 35 nitrogen and oxygen atoms in total. The fourth-order valence-electron chi connectivity index (χ4n) is 7.91. The lowest BCUT2D eigenvalue weighted by Gasteiger charge is -2.27. The van der Waals surface area contributed by atoms with Gasteiger partial charge in [0.1, 0.15) is 60.8 Å². The number of carbonyl (C=O) groups is 11. The Kier molecular flexibility index (Phi) is 33.6. The van der Waals surface area contributed by atoms with Gasteiger partial charge in [-0.1, -0.05) is 0 Å². The summed E-state index contributed by atoms with van der Waals surface area (Å²) in [4.78, 5) is 155. The van der Waals surface area contributed by atoms with Crippen LogP contribution >= 0.6 is 0 Å². The highest BCUT2D eigenvalue weighted by Gasteiger charge is 2.35. The van der Waals surface area contributed by atoms with Crippen molar-refractivity contribution in [3.8, 4) is 0 Å². The Hall–Kier alpha value is -8.26. The van der Waals surface area contributed by atoms with E-state index in [1.54, 1.807) is 13.8 Å². The van der Waals surface area contributed by atoms with Crippen LogP contribution in [-0.4, -0.2) is 252 Å². The first kappa shape index (κ1) is 76.8. The molecule has 7 amide bonds. The molecule has 2 aromatic rings. The van der Waals surface area contributed by atoms with Crippen molar-refractivity contribution in [2.75, 3.05) is 31.6 Å². The van der Waals surface area contributed by atoms with Gasteiger partial charge in [0, 0.05) is 75.1 Å². The number of aliphatic carboxylic acids is 3. The number of nitrogens with zero attached hydrogens (tertiary/aromatic N) is 3. The molecule has 0 saturated carbocycles. The summed E-state index contributed by atoms with van der Waals surface area (Å²) in [5.41, 5.74) is 1.55. The molecule has 1 aromatic carbocycles. The van der Waals surface area contributed by atoms with Crippen molar-refractivity contribution in [1.29, 1.82) is 0 Å². The molecule has 0 radical (unpaired) electrons. The standard InChI is InChI=1S/C54H81N11O24/c1-25(2)59-49-44(27(4)68)61-30(20-58-49)19-55-29-8-6-28(7-9-29)50(84)65-34(54(88)89)12-16-41(75)62-31(10-14-39(73)56-21-35(69)45(80)47(82)37(71)23-66)52(86)64-33(13-18-43(78)79)53(87)63-32(51(85)60-26(3)5-17-42(76)77)11-15-40(74)57-22-36(70)46(81)48(83)38(72)24-67/h6-9,20,26,31-38,45-48,55,66-67,69-72,80-83H,5,10-19,21-24H2,1-4H3,(H,56,73)(H,57,74)(H,60,85)(H,62,75)(H,63,87)(H,64,86)(H,65,84)(H,76,77)(H,78,79)(H,88,89)/t26-,31+,32+,33+,34+,35+,36+,37-,38-,45-,46-,47-,48-/m1/s1. The van der Waals surface area contributed by atoms with Crippen molar-refractivity contribution in [2.45, 2.75) is 177 Å². The van der Waals surface area contributed by atoms with Crippen LogP contribution in [0.2, 0.25) is 0 Å². The molecule has 0 unspecified atom stereocenters. The van der Waals surface area contributed by atoms with Crippen LogP contribution in [0.15, 0.2) is 35.5 Å². The minimum Gasteiger partial charge on any atom is -0.481 e. The van der Waals surface area contributed by atoms with E-state index in [-0.39, 0.29) is 35.8 Å². The Balaban J connectivity index is 2.39. The summed E-state index contributed by atoms with van der Waals surface area (Å²) in [6, 6.07) is -2.45. The van der Waals surface area contributed by atoms with E-state index in [0.717, 1.165) is 0 Å². The molecule has 1 heterocycles. The first-order chi connectivity index (χ1) is 41.8. The smallest absolute Gasteiger partial charge is 0.326 e. The number of aliphatic hydroxyl groups is 10. The van der Waals surface area contributed by atoms with Gasteiger partial charge in [0.25, 0.3) is 5.91 Å². The molecule has 13 atom stereocenters. The van der Waals surface area contributed by atoms with Crippen LogP contribution in [0.5, 0.6) is 0 Å². The van der Waals surface area contributed by atoms with Crippen LogP contribution in [-0.2, 0) is 49.7 Å². The molecule has 0 spiro atoms. The summed E-state index contributed by atoms with van der Waals surface area (Å²) >= 11 is 0. The van der Waals surface area contributed by atoms with Crippen LogP contribution in [0.3, 0.4) is 0 Å². The number of rotatable bonds is 42. The average Bonchev–Trinajstić information content (AvgIpc) is 2.81. The monoisotopic (exact) mass is 1270 g/mol. The van der Waals surface area contributed by atoms with E-state index in [9.17, 15) is 104 Å². The maximum atomic E-state index is 14.2. The Bertz CT molecular complexity index is 2750. The van der Waals surface area contributed by atoms with Gasteiger partial charge < -0.3 is 109 Å². The van der Waals surface area contributed by atoms with Crippen molar-refractivity contribution in [1.82, 2.24) is 47.2 Å². The number of ketones is 1. The maximum absolute atomic E-state index is 14.2. The molecule has 89 heavy (non-hydrogen) atoms. The van der Waals surface area contributed by atoms with Gasteiger partial charge in [-0.05, 0) is 77.1 Å². The molecule has 21 N–H and O–H groups in total. The molecule has 1 aromatic heterocycles. The molecule has 2 rings (SSSR count).